The normalized spacial score (nSPS) is 12.6. The molecule has 0 aliphatic heterocycles. The smallest absolute Gasteiger partial charge is 0.244 e. The molecule has 1 aromatic heterocycles. The maximum Gasteiger partial charge on any atom is 0.244 e. The summed E-state index contributed by atoms with van der Waals surface area (Å²) in [7, 11) is -4.04. The summed E-state index contributed by atoms with van der Waals surface area (Å²) in [5, 5.41) is 11.2. The molecule has 0 aliphatic carbocycles. The van der Waals surface area contributed by atoms with E-state index in [0.29, 0.717) is 10.6 Å². The molecule has 0 amide bonds. The van der Waals surface area contributed by atoms with Crippen molar-refractivity contribution in [1.29, 1.82) is 0 Å². The van der Waals surface area contributed by atoms with Crippen LogP contribution in [-0.2, 0) is 22.2 Å². The molecule has 0 saturated carbocycles. The van der Waals surface area contributed by atoms with Crippen LogP contribution < -0.4 is 4.72 Å². The molecular formula is C13H15FN2O3S2. The van der Waals surface area contributed by atoms with Crippen LogP contribution in [0.25, 0.3) is 0 Å². The SMILES string of the molecule is CC(C)(NS(=O)(=O)c1ccc(CO)cc1F)c1nccs1. The highest BCUT2D eigenvalue weighted by Gasteiger charge is 2.31. The number of halogens is 1. The molecule has 0 aliphatic rings. The molecule has 0 unspecified atom stereocenters. The van der Waals surface area contributed by atoms with Crippen LogP contribution in [-0.4, -0.2) is 18.5 Å². The zero-order valence-corrected chi connectivity index (χ0v) is 13.1. The zero-order chi connectivity index (χ0) is 15.7. The van der Waals surface area contributed by atoms with Gasteiger partial charge < -0.3 is 5.11 Å². The number of hydrogen-bond donors (Lipinski definition) is 2. The molecule has 2 aromatic rings. The number of aromatic nitrogens is 1. The van der Waals surface area contributed by atoms with Gasteiger partial charge in [0.25, 0.3) is 0 Å². The Bertz CT molecular complexity index is 728. The Morgan fingerprint density at radius 2 is 2.14 bits per heavy atom. The van der Waals surface area contributed by atoms with Gasteiger partial charge in [-0.3, -0.25) is 0 Å². The molecule has 114 valence electrons. The lowest BCUT2D eigenvalue weighted by molar-refractivity contribution is 0.281. The van der Waals surface area contributed by atoms with Gasteiger partial charge >= 0.3 is 0 Å². The van der Waals surface area contributed by atoms with Crippen molar-refractivity contribution in [3.05, 3.63) is 46.2 Å². The Kier molecular flexibility index (Phi) is 4.43. The second-order valence-electron chi connectivity index (χ2n) is 4.99. The molecule has 0 saturated heterocycles. The van der Waals surface area contributed by atoms with Crippen LogP contribution in [0.2, 0.25) is 0 Å². The summed E-state index contributed by atoms with van der Waals surface area (Å²) >= 11 is 1.31. The van der Waals surface area contributed by atoms with Gasteiger partial charge in [-0.1, -0.05) is 6.07 Å². The largest absolute Gasteiger partial charge is 0.392 e. The molecule has 2 rings (SSSR count). The Balaban J connectivity index is 2.35. The first kappa shape index (κ1) is 16.0. The topological polar surface area (TPSA) is 79.3 Å². The number of nitrogens with zero attached hydrogens (tertiary/aromatic N) is 1. The van der Waals surface area contributed by atoms with Crippen molar-refractivity contribution < 1.29 is 17.9 Å². The van der Waals surface area contributed by atoms with Crippen LogP contribution in [0, 0.1) is 5.82 Å². The number of hydrogen-bond acceptors (Lipinski definition) is 5. The van der Waals surface area contributed by atoms with Gasteiger partial charge in [-0.2, -0.15) is 4.72 Å². The second kappa shape index (κ2) is 5.80. The van der Waals surface area contributed by atoms with E-state index in [-0.39, 0.29) is 6.61 Å². The molecule has 0 atom stereocenters. The van der Waals surface area contributed by atoms with Crippen molar-refractivity contribution >= 4 is 21.4 Å². The predicted octanol–water partition coefficient (Wildman–Crippen LogP) is 1.99. The third-order valence-electron chi connectivity index (χ3n) is 2.82. The third kappa shape index (κ3) is 3.46. The van der Waals surface area contributed by atoms with E-state index in [2.05, 4.69) is 9.71 Å². The van der Waals surface area contributed by atoms with E-state index in [4.69, 9.17) is 5.11 Å². The van der Waals surface area contributed by atoms with Crippen molar-refractivity contribution in [3.8, 4) is 0 Å². The summed E-state index contributed by atoms with van der Waals surface area (Å²) in [5.74, 6) is -0.899. The first-order valence-corrected chi connectivity index (χ1v) is 8.46. The first-order valence-electron chi connectivity index (χ1n) is 6.09. The fraction of sp³-hybridized carbons (Fsp3) is 0.308. The standard InChI is InChI=1S/C13H15FN2O3S2/c1-13(2,12-15-5-6-20-12)16-21(18,19)11-4-3-9(8-17)7-10(11)14/h3-7,16-17H,8H2,1-2H3. The number of sulfonamides is 1. The maximum absolute atomic E-state index is 13.9. The fourth-order valence-electron chi connectivity index (χ4n) is 1.83. The minimum Gasteiger partial charge on any atom is -0.392 e. The summed E-state index contributed by atoms with van der Waals surface area (Å²) in [6, 6.07) is 3.51. The molecule has 0 fully saturated rings. The summed E-state index contributed by atoms with van der Waals surface area (Å²) in [4.78, 5) is 3.63. The Hall–Kier alpha value is -1.35. The molecule has 1 aromatic carbocycles. The summed E-state index contributed by atoms with van der Waals surface area (Å²) in [6.07, 6.45) is 1.58. The lowest BCUT2D eigenvalue weighted by Gasteiger charge is -2.23. The third-order valence-corrected chi connectivity index (χ3v) is 5.61. The summed E-state index contributed by atoms with van der Waals surface area (Å²) in [5.41, 5.74) is -0.639. The molecule has 0 bridgehead atoms. The highest BCUT2D eigenvalue weighted by atomic mass is 32.2. The Morgan fingerprint density at radius 1 is 1.43 bits per heavy atom. The monoisotopic (exact) mass is 330 g/mol. The zero-order valence-electron chi connectivity index (χ0n) is 11.5. The van der Waals surface area contributed by atoms with Crippen LogP contribution in [0.1, 0.15) is 24.4 Å². The molecule has 21 heavy (non-hydrogen) atoms. The van der Waals surface area contributed by atoms with E-state index in [1.54, 1.807) is 25.4 Å². The summed E-state index contributed by atoms with van der Waals surface area (Å²) < 4.78 is 41.0. The van der Waals surface area contributed by atoms with Gasteiger partial charge in [0.05, 0.1) is 12.1 Å². The molecule has 0 spiro atoms. The number of benzene rings is 1. The van der Waals surface area contributed by atoms with E-state index in [9.17, 15) is 12.8 Å². The maximum atomic E-state index is 13.9. The van der Waals surface area contributed by atoms with E-state index < -0.39 is 26.3 Å². The van der Waals surface area contributed by atoms with Crippen molar-refractivity contribution in [2.45, 2.75) is 30.9 Å². The van der Waals surface area contributed by atoms with Crippen LogP contribution in [0.5, 0.6) is 0 Å². The number of aliphatic hydroxyl groups is 1. The first-order chi connectivity index (χ1) is 9.76. The van der Waals surface area contributed by atoms with Gasteiger partial charge in [-0.25, -0.2) is 17.8 Å². The average molecular weight is 330 g/mol. The number of thiazole rings is 1. The van der Waals surface area contributed by atoms with Gasteiger partial charge in [-0.05, 0) is 31.5 Å². The molecule has 2 N–H and O–H groups in total. The molecular weight excluding hydrogens is 315 g/mol. The van der Waals surface area contributed by atoms with Gasteiger partial charge in [0, 0.05) is 11.6 Å². The molecule has 8 heteroatoms. The van der Waals surface area contributed by atoms with Gasteiger partial charge in [0.2, 0.25) is 10.0 Å². The van der Waals surface area contributed by atoms with Crippen LogP contribution in [0.15, 0.2) is 34.7 Å². The van der Waals surface area contributed by atoms with E-state index in [1.165, 1.54) is 17.4 Å². The van der Waals surface area contributed by atoms with Crippen molar-refractivity contribution in [2.75, 3.05) is 0 Å². The second-order valence-corrected chi connectivity index (χ2v) is 7.54. The lowest BCUT2D eigenvalue weighted by Crippen LogP contribution is -2.41. The Morgan fingerprint density at radius 3 is 2.67 bits per heavy atom. The van der Waals surface area contributed by atoms with Crippen molar-refractivity contribution in [2.24, 2.45) is 0 Å². The summed E-state index contributed by atoms with van der Waals surface area (Å²) in [6.45, 7) is 2.96. The van der Waals surface area contributed by atoms with E-state index in [0.717, 1.165) is 12.1 Å². The van der Waals surface area contributed by atoms with Gasteiger partial charge in [0.15, 0.2) is 0 Å². The highest BCUT2D eigenvalue weighted by molar-refractivity contribution is 7.89. The number of rotatable bonds is 5. The van der Waals surface area contributed by atoms with Crippen LogP contribution in [0.4, 0.5) is 4.39 Å². The molecule has 1 heterocycles. The minimum atomic E-state index is -4.04. The van der Waals surface area contributed by atoms with Gasteiger partial charge in [0.1, 0.15) is 15.7 Å². The molecule has 5 nitrogen and oxygen atoms in total. The van der Waals surface area contributed by atoms with Crippen molar-refractivity contribution in [1.82, 2.24) is 9.71 Å². The number of aliphatic hydroxyl groups excluding tert-OH is 1. The van der Waals surface area contributed by atoms with Crippen LogP contribution in [0.3, 0.4) is 0 Å². The predicted molar refractivity (Wildman–Crippen MR) is 77.8 cm³/mol. The van der Waals surface area contributed by atoms with Crippen LogP contribution >= 0.6 is 11.3 Å². The Labute approximate surface area is 126 Å². The average Bonchev–Trinajstić information content (AvgIpc) is 2.91. The van der Waals surface area contributed by atoms with E-state index >= 15 is 0 Å². The van der Waals surface area contributed by atoms with E-state index in [1.807, 2.05) is 0 Å². The van der Waals surface area contributed by atoms with Crippen molar-refractivity contribution in [3.63, 3.8) is 0 Å². The fourth-order valence-corrected chi connectivity index (χ4v) is 4.05. The van der Waals surface area contributed by atoms with Gasteiger partial charge in [-0.15, -0.1) is 11.3 Å². The number of nitrogens with one attached hydrogen (secondary N) is 1. The highest BCUT2D eigenvalue weighted by Crippen LogP contribution is 2.25. The minimum absolute atomic E-state index is 0.311. The lowest BCUT2D eigenvalue weighted by atomic mass is 10.1. The quantitative estimate of drug-likeness (QED) is 0.879. The molecule has 0 radical (unpaired) electrons.